The number of aldehydes is 1. The van der Waals surface area contributed by atoms with Crippen LogP contribution < -0.4 is 0 Å². The number of thiazole rings is 1. The van der Waals surface area contributed by atoms with Crippen LogP contribution in [0.25, 0.3) is 16.2 Å². The van der Waals surface area contributed by atoms with Crippen LogP contribution in [-0.4, -0.2) is 15.7 Å². The zero-order valence-electron chi connectivity index (χ0n) is 8.63. The number of halogens is 1. The third-order valence-electron chi connectivity index (χ3n) is 2.53. The first-order valence-corrected chi connectivity index (χ1v) is 5.83. The Bertz CT molecular complexity index is 684. The van der Waals surface area contributed by atoms with Gasteiger partial charge in [0.2, 0.25) is 0 Å². The number of benzene rings is 1. The van der Waals surface area contributed by atoms with Crippen LogP contribution in [0, 0.1) is 5.82 Å². The van der Waals surface area contributed by atoms with Gasteiger partial charge in [-0.3, -0.25) is 9.20 Å². The van der Waals surface area contributed by atoms with E-state index in [9.17, 15) is 9.18 Å². The molecule has 3 nitrogen and oxygen atoms in total. The van der Waals surface area contributed by atoms with Gasteiger partial charge in [0.05, 0.1) is 11.9 Å². The van der Waals surface area contributed by atoms with Gasteiger partial charge in [0, 0.05) is 5.38 Å². The molecule has 2 aromatic heterocycles. The van der Waals surface area contributed by atoms with Crippen LogP contribution in [0.1, 0.15) is 10.5 Å². The number of carbonyl (C=O) groups excluding carboxylic acids is 1. The molecule has 0 bridgehead atoms. The quantitative estimate of drug-likeness (QED) is 0.651. The lowest BCUT2D eigenvalue weighted by Crippen LogP contribution is -1.91. The fourth-order valence-corrected chi connectivity index (χ4v) is 2.62. The molecule has 0 amide bonds. The van der Waals surface area contributed by atoms with E-state index < -0.39 is 0 Å². The molecule has 1 aromatic carbocycles. The SMILES string of the molecule is O=Cc1cnc2scc(-c3ccc(F)cc3)n12. The highest BCUT2D eigenvalue weighted by molar-refractivity contribution is 7.15. The summed E-state index contributed by atoms with van der Waals surface area (Å²) in [6.45, 7) is 0. The summed E-state index contributed by atoms with van der Waals surface area (Å²) in [4.78, 5) is 15.8. The van der Waals surface area contributed by atoms with Gasteiger partial charge in [-0.25, -0.2) is 9.37 Å². The Balaban J connectivity index is 2.26. The lowest BCUT2D eigenvalue weighted by molar-refractivity contribution is 0.111. The van der Waals surface area contributed by atoms with E-state index in [0.29, 0.717) is 5.69 Å². The van der Waals surface area contributed by atoms with Crippen LogP contribution in [0.3, 0.4) is 0 Å². The van der Waals surface area contributed by atoms with Crippen LogP contribution in [0.15, 0.2) is 35.8 Å². The Kier molecular flexibility index (Phi) is 2.26. The van der Waals surface area contributed by atoms with Crippen molar-refractivity contribution in [3.8, 4) is 11.3 Å². The van der Waals surface area contributed by atoms with Gasteiger partial charge in [-0.1, -0.05) is 0 Å². The van der Waals surface area contributed by atoms with E-state index in [1.54, 1.807) is 16.5 Å². The molecule has 0 atom stereocenters. The molecule has 3 rings (SSSR count). The summed E-state index contributed by atoms with van der Waals surface area (Å²) in [5, 5.41) is 1.91. The molecular weight excluding hydrogens is 239 g/mol. The zero-order valence-corrected chi connectivity index (χ0v) is 9.45. The number of fused-ring (bicyclic) bond motifs is 1. The van der Waals surface area contributed by atoms with Gasteiger partial charge in [0.1, 0.15) is 11.5 Å². The monoisotopic (exact) mass is 246 g/mol. The number of hydrogen-bond acceptors (Lipinski definition) is 3. The summed E-state index contributed by atoms with van der Waals surface area (Å²) in [7, 11) is 0. The molecule has 0 radical (unpaired) electrons. The first-order chi connectivity index (χ1) is 8.29. The Morgan fingerprint density at radius 3 is 2.76 bits per heavy atom. The lowest BCUT2D eigenvalue weighted by atomic mass is 10.2. The average molecular weight is 246 g/mol. The molecule has 2 heterocycles. The van der Waals surface area contributed by atoms with Crippen molar-refractivity contribution in [3.05, 3.63) is 47.4 Å². The van der Waals surface area contributed by atoms with Crippen molar-refractivity contribution in [3.63, 3.8) is 0 Å². The van der Waals surface area contributed by atoms with E-state index in [1.165, 1.54) is 29.7 Å². The highest BCUT2D eigenvalue weighted by Gasteiger charge is 2.10. The average Bonchev–Trinajstić information content (AvgIpc) is 2.91. The van der Waals surface area contributed by atoms with Crippen molar-refractivity contribution in [2.24, 2.45) is 0 Å². The van der Waals surface area contributed by atoms with Gasteiger partial charge in [-0.15, -0.1) is 11.3 Å². The summed E-state index contributed by atoms with van der Waals surface area (Å²) in [6.07, 6.45) is 2.30. The number of nitrogens with zero attached hydrogens (tertiary/aromatic N) is 2. The molecular formula is C12H7FN2OS. The Morgan fingerprint density at radius 1 is 1.29 bits per heavy atom. The van der Waals surface area contributed by atoms with Crippen molar-refractivity contribution in [2.75, 3.05) is 0 Å². The van der Waals surface area contributed by atoms with Gasteiger partial charge >= 0.3 is 0 Å². The van der Waals surface area contributed by atoms with Gasteiger partial charge < -0.3 is 0 Å². The van der Waals surface area contributed by atoms with Crippen molar-refractivity contribution in [2.45, 2.75) is 0 Å². The second-order valence-corrected chi connectivity index (χ2v) is 4.38. The molecule has 84 valence electrons. The number of hydrogen-bond donors (Lipinski definition) is 0. The molecule has 0 unspecified atom stereocenters. The number of rotatable bonds is 2. The largest absolute Gasteiger partial charge is 0.296 e. The van der Waals surface area contributed by atoms with Crippen molar-refractivity contribution < 1.29 is 9.18 Å². The molecule has 3 aromatic rings. The van der Waals surface area contributed by atoms with Gasteiger partial charge in [0.15, 0.2) is 11.2 Å². The predicted molar refractivity (Wildman–Crippen MR) is 63.9 cm³/mol. The van der Waals surface area contributed by atoms with Crippen LogP contribution >= 0.6 is 11.3 Å². The molecule has 0 spiro atoms. The van der Waals surface area contributed by atoms with Crippen molar-refractivity contribution in [1.29, 1.82) is 0 Å². The van der Waals surface area contributed by atoms with Gasteiger partial charge in [0.25, 0.3) is 0 Å². The number of imidazole rings is 1. The standard InChI is InChI=1S/C12H7FN2OS/c13-9-3-1-8(2-4-9)11-7-17-12-14-5-10(6-16)15(11)12/h1-7H. The van der Waals surface area contributed by atoms with E-state index in [4.69, 9.17) is 0 Å². The van der Waals surface area contributed by atoms with Gasteiger partial charge in [-0.2, -0.15) is 0 Å². The molecule has 0 fully saturated rings. The van der Waals surface area contributed by atoms with Crippen LogP contribution in [0.5, 0.6) is 0 Å². The molecule has 0 aliphatic rings. The number of aromatic nitrogens is 2. The highest BCUT2D eigenvalue weighted by Crippen LogP contribution is 2.26. The van der Waals surface area contributed by atoms with E-state index in [2.05, 4.69) is 4.98 Å². The Morgan fingerprint density at radius 2 is 2.06 bits per heavy atom. The van der Waals surface area contributed by atoms with Gasteiger partial charge in [-0.05, 0) is 29.8 Å². The first kappa shape index (κ1) is 10.2. The maximum Gasteiger partial charge on any atom is 0.194 e. The van der Waals surface area contributed by atoms with Crippen LogP contribution in [0.2, 0.25) is 0 Å². The smallest absolute Gasteiger partial charge is 0.194 e. The van der Waals surface area contributed by atoms with Crippen LogP contribution in [-0.2, 0) is 0 Å². The normalized spacial score (nSPS) is 10.9. The summed E-state index contributed by atoms with van der Waals surface area (Å²) in [5.41, 5.74) is 2.21. The molecule has 0 aliphatic carbocycles. The molecule has 17 heavy (non-hydrogen) atoms. The second-order valence-electron chi connectivity index (χ2n) is 3.55. The topological polar surface area (TPSA) is 34.4 Å². The number of carbonyl (C=O) groups is 1. The fourth-order valence-electron chi connectivity index (χ4n) is 1.73. The third kappa shape index (κ3) is 1.55. The minimum absolute atomic E-state index is 0.276. The summed E-state index contributed by atoms with van der Waals surface area (Å²) < 4.78 is 14.6. The second kappa shape index (κ2) is 3.78. The van der Waals surface area contributed by atoms with E-state index in [-0.39, 0.29) is 5.82 Å². The maximum absolute atomic E-state index is 12.9. The molecule has 0 aliphatic heterocycles. The lowest BCUT2D eigenvalue weighted by Gasteiger charge is -2.00. The van der Waals surface area contributed by atoms with Crippen LogP contribution in [0.4, 0.5) is 4.39 Å². The Labute approximate surface area is 100 Å². The first-order valence-electron chi connectivity index (χ1n) is 4.95. The molecule has 5 heteroatoms. The maximum atomic E-state index is 12.9. The highest BCUT2D eigenvalue weighted by atomic mass is 32.1. The summed E-state index contributed by atoms with van der Waals surface area (Å²) >= 11 is 1.45. The Hall–Kier alpha value is -2.01. The third-order valence-corrected chi connectivity index (χ3v) is 3.37. The fraction of sp³-hybridized carbons (Fsp3) is 0. The van der Waals surface area contributed by atoms with E-state index >= 15 is 0 Å². The summed E-state index contributed by atoms with van der Waals surface area (Å²) in [5.74, 6) is -0.276. The minimum atomic E-state index is -0.276. The summed E-state index contributed by atoms with van der Waals surface area (Å²) in [6, 6.07) is 6.17. The van der Waals surface area contributed by atoms with Crippen molar-refractivity contribution >= 4 is 22.6 Å². The van der Waals surface area contributed by atoms with E-state index in [0.717, 1.165) is 22.5 Å². The molecule has 0 N–H and O–H groups in total. The van der Waals surface area contributed by atoms with E-state index in [1.807, 2.05) is 5.38 Å². The van der Waals surface area contributed by atoms with Crippen molar-refractivity contribution in [1.82, 2.24) is 9.38 Å². The minimum Gasteiger partial charge on any atom is -0.296 e. The molecule has 0 saturated heterocycles. The zero-order chi connectivity index (χ0) is 11.8. The predicted octanol–water partition coefficient (Wildman–Crippen LogP) is 3.01. The molecule has 0 saturated carbocycles.